The van der Waals surface area contributed by atoms with Gasteiger partial charge in [0.1, 0.15) is 6.61 Å². The molecule has 0 unspecified atom stereocenters. The van der Waals surface area contributed by atoms with E-state index in [1.165, 1.54) is 37.7 Å². The van der Waals surface area contributed by atoms with Crippen molar-refractivity contribution in [1.29, 1.82) is 0 Å². The van der Waals surface area contributed by atoms with E-state index < -0.39 is 0 Å². The molecule has 1 amide bonds. The average Bonchev–Trinajstić information content (AvgIpc) is 2.45. The quantitative estimate of drug-likeness (QED) is 0.871. The van der Waals surface area contributed by atoms with Gasteiger partial charge < -0.3 is 10.1 Å². The maximum Gasteiger partial charge on any atom is 0.407 e. The van der Waals surface area contributed by atoms with Crippen molar-refractivity contribution in [3.05, 3.63) is 35.4 Å². The minimum atomic E-state index is -0.362. The lowest BCUT2D eigenvalue weighted by Crippen LogP contribution is -2.40. The summed E-state index contributed by atoms with van der Waals surface area (Å²) in [5.41, 5.74) is 2.21. The van der Waals surface area contributed by atoms with Gasteiger partial charge in [-0.3, -0.25) is 0 Å². The first-order chi connectivity index (χ1) is 9.94. The van der Waals surface area contributed by atoms with E-state index in [9.17, 15) is 4.79 Å². The number of alkyl carbamates (subject to hydrolysis) is 1. The van der Waals surface area contributed by atoms with Crippen molar-refractivity contribution in [2.75, 3.05) is 0 Å². The third-order valence-corrected chi connectivity index (χ3v) is 3.90. The van der Waals surface area contributed by atoms with Crippen LogP contribution in [0.4, 0.5) is 4.79 Å². The van der Waals surface area contributed by atoms with E-state index in [1.54, 1.807) is 0 Å². The Bertz CT molecular complexity index is 453. The molecule has 1 saturated carbocycles. The minimum absolute atomic E-state index is 0.262. The summed E-state index contributed by atoms with van der Waals surface area (Å²) in [6.07, 6.45) is 6.34. The van der Waals surface area contributed by atoms with Crippen molar-refractivity contribution in [2.24, 2.45) is 0 Å². The standard InChI is InChI=1S/C18H27NO2/c1-18(2,3)19-17(20)21-13-14-9-11-16(12-10-14)15-7-5-4-6-8-15/h9-12,15H,4-8,13H2,1-3H3,(H,19,20). The van der Waals surface area contributed by atoms with Crippen LogP contribution in [0.2, 0.25) is 0 Å². The first kappa shape index (κ1) is 15.9. The van der Waals surface area contributed by atoms with E-state index in [2.05, 4.69) is 29.6 Å². The van der Waals surface area contributed by atoms with Gasteiger partial charge in [-0.05, 0) is 50.7 Å². The Morgan fingerprint density at radius 2 is 1.76 bits per heavy atom. The predicted molar refractivity (Wildman–Crippen MR) is 85.3 cm³/mol. The zero-order valence-electron chi connectivity index (χ0n) is 13.4. The van der Waals surface area contributed by atoms with Crippen LogP contribution in [0.3, 0.4) is 0 Å². The van der Waals surface area contributed by atoms with E-state index in [0.29, 0.717) is 6.61 Å². The Labute approximate surface area is 128 Å². The molecule has 1 aromatic carbocycles. The van der Waals surface area contributed by atoms with Crippen LogP contribution < -0.4 is 5.32 Å². The van der Waals surface area contributed by atoms with Crippen molar-refractivity contribution in [3.8, 4) is 0 Å². The molecule has 1 aliphatic rings. The Hall–Kier alpha value is -1.51. The van der Waals surface area contributed by atoms with Gasteiger partial charge >= 0.3 is 6.09 Å². The summed E-state index contributed by atoms with van der Waals surface area (Å²) in [6.45, 7) is 6.14. The van der Waals surface area contributed by atoms with E-state index in [0.717, 1.165) is 11.5 Å². The van der Waals surface area contributed by atoms with Gasteiger partial charge in [-0.25, -0.2) is 4.79 Å². The molecule has 21 heavy (non-hydrogen) atoms. The summed E-state index contributed by atoms with van der Waals surface area (Å²) in [7, 11) is 0. The van der Waals surface area contributed by atoms with Crippen LogP contribution in [-0.2, 0) is 11.3 Å². The van der Waals surface area contributed by atoms with Crippen LogP contribution >= 0.6 is 0 Å². The van der Waals surface area contributed by atoms with Crippen molar-refractivity contribution >= 4 is 6.09 Å². The van der Waals surface area contributed by atoms with Gasteiger partial charge in [0.05, 0.1) is 0 Å². The number of carbonyl (C=O) groups is 1. The summed E-state index contributed by atoms with van der Waals surface area (Å²) in [6, 6.07) is 8.54. The maximum atomic E-state index is 11.6. The minimum Gasteiger partial charge on any atom is -0.445 e. The highest BCUT2D eigenvalue weighted by molar-refractivity contribution is 5.68. The molecule has 0 aliphatic heterocycles. The van der Waals surface area contributed by atoms with E-state index >= 15 is 0 Å². The van der Waals surface area contributed by atoms with Crippen LogP contribution in [0, 0.1) is 0 Å². The van der Waals surface area contributed by atoms with Crippen LogP contribution in [0.25, 0.3) is 0 Å². The predicted octanol–water partition coefficient (Wildman–Crippen LogP) is 4.76. The Morgan fingerprint density at radius 1 is 1.14 bits per heavy atom. The molecule has 0 heterocycles. The molecule has 3 heteroatoms. The molecule has 1 aromatic rings. The summed E-state index contributed by atoms with van der Waals surface area (Å²) in [5.74, 6) is 0.720. The van der Waals surface area contributed by atoms with E-state index in [1.807, 2.05) is 20.8 Å². The topological polar surface area (TPSA) is 38.3 Å². The molecular formula is C18H27NO2. The third-order valence-electron chi connectivity index (χ3n) is 3.90. The van der Waals surface area contributed by atoms with Crippen molar-refractivity contribution in [3.63, 3.8) is 0 Å². The number of amides is 1. The molecule has 0 atom stereocenters. The lowest BCUT2D eigenvalue weighted by atomic mass is 9.84. The van der Waals surface area contributed by atoms with Gasteiger partial charge in [-0.15, -0.1) is 0 Å². The van der Waals surface area contributed by atoms with Crippen molar-refractivity contribution in [2.45, 2.75) is 70.9 Å². The summed E-state index contributed by atoms with van der Waals surface area (Å²) in [5, 5.41) is 2.79. The molecule has 0 saturated heterocycles. The molecule has 0 radical (unpaired) electrons. The van der Waals surface area contributed by atoms with Gasteiger partial charge in [0.15, 0.2) is 0 Å². The number of hydrogen-bond donors (Lipinski definition) is 1. The van der Waals surface area contributed by atoms with Gasteiger partial charge in [-0.1, -0.05) is 43.5 Å². The Balaban J connectivity index is 1.83. The number of benzene rings is 1. The van der Waals surface area contributed by atoms with Gasteiger partial charge in [0, 0.05) is 5.54 Å². The Morgan fingerprint density at radius 3 is 2.33 bits per heavy atom. The lowest BCUT2D eigenvalue weighted by molar-refractivity contribution is 0.131. The highest BCUT2D eigenvalue weighted by atomic mass is 16.5. The Kier molecular flexibility index (Phi) is 5.27. The second kappa shape index (κ2) is 6.97. The third kappa shape index (κ3) is 5.41. The van der Waals surface area contributed by atoms with Crippen molar-refractivity contribution in [1.82, 2.24) is 5.32 Å². The molecule has 0 spiro atoms. The van der Waals surface area contributed by atoms with Crippen molar-refractivity contribution < 1.29 is 9.53 Å². The first-order valence-corrected chi connectivity index (χ1v) is 7.98. The molecule has 0 bridgehead atoms. The van der Waals surface area contributed by atoms with E-state index in [-0.39, 0.29) is 11.6 Å². The zero-order chi connectivity index (χ0) is 15.3. The highest BCUT2D eigenvalue weighted by Crippen LogP contribution is 2.32. The normalized spacial score (nSPS) is 16.5. The van der Waals surface area contributed by atoms with Crippen LogP contribution in [0.1, 0.15) is 69.9 Å². The fourth-order valence-corrected chi connectivity index (χ4v) is 2.81. The number of rotatable bonds is 3. The first-order valence-electron chi connectivity index (χ1n) is 7.98. The maximum absolute atomic E-state index is 11.6. The largest absolute Gasteiger partial charge is 0.445 e. The lowest BCUT2D eigenvalue weighted by Gasteiger charge is -2.22. The molecule has 2 rings (SSSR count). The fourth-order valence-electron chi connectivity index (χ4n) is 2.81. The molecule has 3 nitrogen and oxygen atoms in total. The monoisotopic (exact) mass is 289 g/mol. The van der Waals surface area contributed by atoms with E-state index in [4.69, 9.17) is 4.74 Å². The molecule has 116 valence electrons. The highest BCUT2D eigenvalue weighted by Gasteiger charge is 2.16. The van der Waals surface area contributed by atoms with Crippen LogP contribution in [0.5, 0.6) is 0 Å². The molecule has 1 aliphatic carbocycles. The van der Waals surface area contributed by atoms with Crippen LogP contribution in [-0.4, -0.2) is 11.6 Å². The summed E-state index contributed by atoms with van der Waals surface area (Å²) >= 11 is 0. The number of hydrogen-bond acceptors (Lipinski definition) is 2. The molecule has 1 N–H and O–H groups in total. The van der Waals surface area contributed by atoms with Crippen LogP contribution in [0.15, 0.2) is 24.3 Å². The summed E-state index contributed by atoms with van der Waals surface area (Å²) < 4.78 is 5.24. The molecular weight excluding hydrogens is 262 g/mol. The fraction of sp³-hybridized carbons (Fsp3) is 0.611. The second-order valence-corrected chi connectivity index (χ2v) is 7.03. The second-order valence-electron chi connectivity index (χ2n) is 7.03. The number of nitrogens with one attached hydrogen (secondary N) is 1. The SMILES string of the molecule is CC(C)(C)NC(=O)OCc1ccc(C2CCCCC2)cc1. The molecule has 1 fully saturated rings. The summed E-state index contributed by atoms with van der Waals surface area (Å²) in [4.78, 5) is 11.6. The number of carbonyl (C=O) groups excluding carboxylic acids is 1. The number of ether oxygens (including phenoxy) is 1. The van der Waals surface area contributed by atoms with Gasteiger partial charge in [0.2, 0.25) is 0 Å². The zero-order valence-corrected chi connectivity index (χ0v) is 13.4. The van der Waals surface area contributed by atoms with Gasteiger partial charge in [-0.2, -0.15) is 0 Å². The smallest absolute Gasteiger partial charge is 0.407 e. The molecule has 0 aromatic heterocycles. The average molecular weight is 289 g/mol. The van der Waals surface area contributed by atoms with Gasteiger partial charge in [0.25, 0.3) is 0 Å².